The van der Waals surface area contributed by atoms with Crippen molar-refractivity contribution in [1.29, 1.82) is 0 Å². The van der Waals surface area contributed by atoms with Gasteiger partial charge in [-0.2, -0.15) is 0 Å². The summed E-state index contributed by atoms with van der Waals surface area (Å²) in [6.45, 7) is 4.43. The highest BCUT2D eigenvalue weighted by Gasteiger charge is 2.28. The van der Waals surface area contributed by atoms with Gasteiger partial charge in [0.15, 0.2) is 11.5 Å². The summed E-state index contributed by atoms with van der Waals surface area (Å²) in [6, 6.07) is 18.2. The number of carbonyl (C=O) groups excluding carboxylic acids is 1. The van der Waals surface area contributed by atoms with E-state index < -0.39 is 22.5 Å². The van der Waals surface area contributed by atoms with Gasteiger partial charge >= 0.3 is 0 Å². The molecule has 0 saturated heterocycles. The van der Waals surface area contributed by atoms with Gasteiger partial charge in [-0.3, -0.25) is 9.10 Å². The molecular formula is C27H32N2O7S. The van der Waals surface area contributed by atoms with Crippen molar-refractivity contribution in [2.24, 2.45) is 0 Å². The molecule has 0 aliphatic carbocycles. The molecule has 0 aliphatic rings. The van der Waals surface area contributed by atoms with Crippen LogP contribution in [0.25, 0.3) is 0 Å². The second kappa shape index (κ2) is 12.9. The first-order valence-electron chi connectivity index (χ1n) is 11.8. The van der Waals surface area contributed by atoms with E-state index in [9.17, 15) is 13.2 Å². The normalized spacial score (nSPS) is 10.9. The van der Waals surface area contributed by atoms with E-state index in [1.165, 1.54) is 32.4 Å². The van der Waals surface area contributed by atoms with Crippen molar-refractivity contribution in [2.75, 3.05) is 38.3 Å². The number of amides is 1. The van der Waals surface area contributed by atoms with Crippen LogP contribution in [0.2, 0.25) is 0 Å². The molecule has 0 spiro atoms. The second-order valence-corrected chi connectivity index (χ2v) is 9.64. The number of anilines is 1. The Labute approximate surface area is 218 Å². The molecule has 0 atom stereocenters. The largest absolute Gasteiger partial charge is 0.494 e. The molecule has 3 aromatic rings. The van der Waals surface area contributed by atoms with Crippen LogP contribution in [0.1, 0.15) is 19.4 Å². The fraction of sp³-hybridized carbons (Fsp3) is 0.296. The zero-order chi connectivity index (χ0) is 26.8. The van der Waals surface area contributed by atoms with Gasteiger partial charge in [-0.1, -0.05) is 18.2 Å². The van der Waals surface area contributed by atoms with Gasteiger partial charge in [0.05, 0.1) is 38.0 Å². The lowest BCUT2D eigenvalue weighted by molar-refractivity contribution is -0.119. The van der Waals surface area contributed by atoms with E-state index in [2.05, 4.69) is 5.32 Å². The number of carbonyl (C=O) groups is 1. The molecule has 0 unspecified atom stereocenters. The highest BCUT2D eigenvalue weighted by atomic mass is 32.2. The predicted molar refractivity (Wildman–Crippen MR) is 141 cm³/mol. The molecule has 3 aromatic carbocycles. The van der Waals surface area contributed by atoms with Crippen molar-refractivity contribution in [3.8, 4) is 23.0 Å². The third kappa shape index (κ3) is 6.85. The second-order valence-electron chi connectivity index (χ2n) is 7.77. The molecule has 1 N–H and O–H groups in total. The summed E-state index contributed by atoms with van der Waals surface area (Å²) in [4.78, 5) is 13.0. The van der Waals surface area contributed by atoms with Gasteiger partial charge in [-0.25, -0.2) is 8.42 Å². The average Bonchev–Trinajstić information content (AvgIpc) is 2.91. The van der Waals surface area contributed by atoms with E-state index in [0.717, 1.165) is 9.87 Å². The van der Waals surface area contributed by atoms with Crippen LogP contribution in [-0.4, -0.2) is 48.3 Å². The Balaban J connectivity index is 1.91. The maximum Gasteiger partial charge on any atom is 0.264 e. The third-order valence-electron chi connectivity index (χ3n) is 5.41. The maximum atomic E-state index is 13.8. The fourth-order valence-corrected chi connectivity index (χ4v) is 5.06. The van der Waals surface area contributed by atoms with Crippen molar-refractivity contribution in [2.45, 2.75) is 25.3 Å². The molecule has 198 valence electrons. The topological polar surface area (TPSA) is 103 Å². The SMILES string of the molecule is CCOc1ccc(N(CC(=O)NCc2ccccc2OCC)S(=O)(=O)c2ccc(OC)c(OC)c2)cc1. The summed E-state index contributed by atoms with van der Waals surface area (Å²) in [5.41, 5.74) is 1.09. The minimum Gasteiger partial charge on any atom is -0.494 e. The zero-order valence-corrected chi connectivity index (χ0v) is 22.2. The number of ether oxygens (including phenoxy) is 4. The predicted octanol–water partition coefficient (Wildman–Crippen LogP) is 4.01. The van der Waals surface area contributed by atoms with Crippen molar-refractivity contribution in [1.82, 2.24) is 5.32 Å². The smallest absolute Gasteiger partial charge is 0.264 e. The molecule has 9 nitrogen and oxygen atoms in total. The zero-order valence-electron chi connectivity index (χ0n) is 21.4. The van der Waals surface area contributed by atoms with Crippen molar-refractivity contribution in [3.63, 3.8) is 0 Å². The van der Waals surface area contributed by atoms with E-state index in [-0.39, 0.29) is 17.2 Å². The number of hydrogen-bond donors (Lipinski definition) is 1. The van der Waals surface area contributed by atoms with Crippen LogP contribution in [0, 0.1) is 0 Å². The van der Waals surface area contributed by atoms with Crippen molar-refractivity contribution in [3.05, 3.63) is 72.3 Å². The lowest BCUT2D eigenvalue weighted by Gasteiger charge is -2.25. The summed E-state index contributed by atoms with van der Waals surface area (Å²) in [5, 5.41) is 2.80. The average molecular weight is 529 g/mol. The summed E-state index contributed by atoms with van der Waals surface area (Å²) < 4.78 is 50.2. The maximum absolute atomic E-state index is 13.8. The summed E-state index contributed by atoms with van der Waals surface area (Å²) in [7, 11) is -1.27. The molecule has 0 heterocycles. The van der Waals surface area contributed by atoms with Gasteiger partial charge in [0.2, 0.25) is 5.91 Å². The van der Waals surface area contributed by atoms with Crippen LogP contribution in [-0.2, 0) is 21.4 Å². The number of hydrogen-bond acceptors (Lipinski definition) is 7. The van der Waals surface area contributed by atoms with Gasteiger partial charge in [0.25, 0.3) is 10.0 Å². The standard InChI is InChI=1S/C27H32N2O7S/c1-5-35-22-13-11-21(12-14-22)29(37(31,32)23-15-16-25(33-3)26(17-23)34-4)19-27(30)28-18-20-9-7-8-10-24(20)36-6-2/h7-17H,5-6,18-19H2,1-4H3,(H,28,30). The Hall–Kier alpha value is -3.92. The van der Waals surface area contributed by atoms with Crippen LogP contribution >= 0.6 is 0 Å². The highest BCUT2D eigenvalue weighted by molar-refractivity contribution is 7.92. The summed E-state index contributed by atoms with van der Waals surface area (Å²) in [5.74, 6) is 1.41. The molecule has 37 heavy (non-hydrogen) atoms. The number of rotatable bonds is 13. The molecule has 10 heteroatoms. The molecule has 0 saturated carbocycles. The Morgan fingerprint density at radius 2 is 1.51 bits per heavy atom. The number of sulfonamides is 1. The van der Waals surface area contributed by atoms with E-state index in [4.69, 9.17) is 18.9 Å². The molecule has 0 aliphatic heterocycles. The van der Waals surface area contributed by atoms with E-state index >= 15 is 0 Å². The van der Waals surface area contributed by atoms with Crippen LogP contribution in [0.4, 0.5) is 5.69 Å². The van der Waals surface area contributed by atoms with Crippen LogP contribution in [0.5, 0.6) is 23.0 Å². The number of nitrogens with zero attached hydrogens (tertiary/aromatic N) is 1. The summed E-state index contributed by atoms with van der Waals surface area (Å²) >= 11 is 0. The Bertz CT molecular complexity index is 1290. The molecule has 0 radical (unpaired) electrons. The highest BCUT2D eigenvalue weighted by Crippen LogP contribution is 2.32. The van der Waals surface area contributed by atoms with Crippen LogP contribution < -0.4 is 28.6 Å². The first-order chi connectivity index (χ1) is 17.8. The van der Waals surface area contributed by atoms with E-state index in [1.807, 2.05) is 38.1 Å². The Morgan fingerprint density at radius 3 is 2.16 bits per heavy atom. The van der Waals surface area contributed by atoms with Crippen molar-refractivity contribution >= 4 is 21.6 Å². The quantitative estimate of drug-likeness (QED) is 0.358. The monoisotopic (exact) mass is 528 g/mol. The number of para-hydroxylation sites is 1. The lowest BCUT2D eigenvalue weighted by Crippen LogP contribution is -2.40. The van der Waals surface area contributed by atoms with Crippen molar-refractivity contribution < 1.29 is 32.2 Å². The first-order valence-corrected chi connectivity index (χ1v) is 13.2. The third-order valence-corrected chi connectivity index (χ3v) is 7.18. The molecule has 0 aromatic heterocycles. The minimum atomic E-state index is -4.16. The first kappa shape index (κ1) is 27.7. The Kier molecular flexibility index (Phi) is 9.62. The van der Waals surface area contributed by atoms with Gasteiger partial charge < -0.3 is 24.3 Å². The fourth-order valence-electron chi connectivity index (χ4n) is 3.62. The number of methoxy groups -OCH3 is 2. The minimum absolute atomic E-state index is 0.0477. The van der Waals surface area contributed by atoms with E-state index in [0.29, 0.717) is 36.1 Å². The van der Waals surface area contributed by atoms with Gasteiger partial charge in [-0.05, 0) is 56.3 Å². The molecule has 3 rings (SSSR count). The summed E-state index contributed by atoms with van der Waals surface area (Å²) in [6.07, 6.45) is 0. The number of benzene rings is 3. The molecular weight excluding hydrogens is 496 g/mol. The van der Waals surface area contributed by atoms with Gasteiger partial charge in [0.1, 0.15) is 18.0 Å². The molecule has 1 amide bonds. The van der Waals surface area contributed by atoms with E-state index in [1.54, 1.807) is 24.3 Å². The number of nitrogens with one attached hydrogen (secondary N) is 1. The van der Waals surface area contributed by atoms with Gasteiger partial charge in [0, 0.05) is 18.2 Å². The Morgan fingerprint density at radius 1 is 0.838 bits per heavy atom. The molecule has 0 bridgehead atoms. The van der Waals surface area contributed by atoms with Gasteiger partial charge in [-0.15, -0.1) is 0 Å². The lowest BCUT2D eigenvalue weighted by atomic mass is 10.2. The van der Waals surface area contributed by atoms with Crippen LogP contribution in [0.3, 0.4) is 0 Å². The molecule has 0 fully saturated rings. The van der Waals surface area contributed by atoms with Crippen LogP contribution in [0.15, 0.2) is 71.6 Å².